The maximum Gasteiger partial charge on any atom is 0.204 e. The van der Waals surface area contributed by atoms with Crippen LogP contribution in [0.4, 0.5) is 17.6 Å². The predicted octanol–water partition coefficient (Wildman–Crippen LogP) is 4.23. The van der Waals surface area contributed by atoms with E-state index in [2.05, 4.69) is 0 Å². The number of hydrogen-bond acceptors (Lipinski definition) is 3. The molecule has 0 spiro atoms. The summed E-state index contributed by atoms with van der Waals surface area (Å²) in [6.07, 6.45) is -3.50. The fourth-order valence-electron chi connectivity index (χ4n) is 2.54. The molecule has 0 amide bonds. The Morgan fingerprint density at radius 1 is 1.12 bits per heavy atom. The maximum atomic E-state index is 14.1. The Morgan fingerprint density at radius 3 is 2.29 bits per heavy atom. The second-order valence-corrected chi connectivity index (χ2v) is 5.95. The number of halogens is 4. The van der Waals surface area contributed by atoms with Crippen molar-refractivity contribution >= 4 is 0 Å². The molecule has 0 aliphatic carbocycles. The lowest BCUT2D eigenvalue weighted by Crippen LogP contribution is -2.40. The van der Waals surface area contributed by atoms with Crippen molar-refractivity contribution in [3.63, 3.8) is 0 Å². The van der Waals surface area contributed by atoms with E-state index in [4.69, 9.17) is 14.2 Å². The van der Waals surface area contributed by atoms with E-state index in [9.17, 15) is 17.6 Å². The summed E-state index contributed by atoms with van der Waals surface area (Å²) in [5, 5.41) is 0. The SMILES string of the molecule is CCOc1ccc(OCC(F)C(F)C2CCC(C)CO2)c(F)c1F. The molecule has 0 radical (unpaired) electrons. The summed E-state index contributed by atoms with van der Waals surface area (Å²) in [4.78, 5) is 0. The van der Waals surface area contributed by atoms with Crippen LogP contribution in [0.1, 0.15) is 26.7 Å². The van der Waals surface area contributed by atoms with Gasteiger partial charge in [0.05, 0.1) is 12.7 Å². The zero-order chi connectivity index (χ0) is 17.7. The molecule has 24 heavy (non-hydrogen) atoms. The summed E-state index contributed by atoms with van der Waals surface area (Å²) >= 11 is 0. The lowest BCUT2D eigenvalue weighted by molar-refractivity contribution is -0.0772. The highest BCUT2D eigenvalue weighted by atomic mass is 19.2. The van der Waals surface area contributed by atoms with Gasteiger partial charge < -0.3 is 14.2 Å². The molecule has 1 aliphatic rings. The molecule has 4 unspecified atom stereocenters. The molecule has 0 aromatic heterocycles. The highest BCUT2D eigenvalue weighted by Crippen LogP contribution is 2.29. The van der Waals surface area contributed by atoms with E-state index < -0.39 is 42.4 Å². The van der Waals surface area contributed by atoms with Gasteiger partial charge in [0.2, 0.25) is 11.6 Å². The van der Waals surface area contributed by atoms with E-state index in [0.717, 1.165) is 12.5 Å². The number of hydrogen-bond donors (Lipinski definition) is 0. The molecular formula is C17H22F4O3. The summed E-state index contributed by atoms with van der Waals surface area (Å²) in [7, 11) is 0. The fourth-order valence-corrected chi connectivity index (χ4v) is 2.54. The Hall–Kier alpha value is -1.50. The molecule has 7 heteroatoms. The van der Waals surface area contributed by atoms with Gasteiger partial charge in [-0.1, -0.05) is 6.92 Å². The van der Waals surface area contributed by atoms with Crippen LogP contribution < -0.4 is 9.47 Å². The molecule has 2 rings (SSSR count). The van der Waals surface area contributed by atoms with Crippen LogP contribution >= 0.6 is 0 Å². The molecule has 136 valence electrons. The molecular weight excluding hydrogens is 328 g/mol. The molecule has 1 saturated heterocycles. The third-order valence-corrected chi connectivity index (χ3v) is 3.95. The lowest BCUT2D eigenvalue weighted by atomic mass is 9.96. The number of ether oxygens (including phenoxy) is 3. The molecule has 1 aliphatic heterocycles. The Labute approximate surface area is 138 Å². The Kier molecular flexibility index (Phi) is 6.71. The van der Waals surface area contributed by atoms with Crippen molar-refractivity contribution < 1.29 is 31.8 Å². The van der Waals surface area contributed by atoms with Crippen LogP contribution in [0, 0.1) is 17.6 Å². The smallest absolute Gasteiger partial charge is 0.204 e. The predicted molar refractivity (Wildman–Crippen MR) is 81.0 cm³/mol. The van der Waals surface area contributed by atoms with Crippen molar-refractivity contribution in [1.29, 1.82) is 0 Å². The molecule has 1 aromatic carbocycles. The minimum absolute atomic E-state index is 0.173. The highest BCUT2D eigenvalue weighted by molar-refractivity contribution is 5.35. The molecule has 1 fully saturated rings. The minimum Gasteiger partial charge on any atom is -0.491 e. The minimum atomic E-state index is -1.99. The van der Waals surface area contributed by atoms with E-state index >= 15 is 0 Å². The van der Waals surface area contributed by atoms with Crippen LogP contribution in [0.25, 0.3) is 0 Å². The van der Waals surface area contributed by atoms with Gasteiger partial charge in [0.1, 0.15) is 6.61 Å². The Morgan fingerprint density at radius 2 is 1.75 bits per heavy atom. The van der Waals surface area contributed by atoms with Gasteiger partial charge in [-0.05, 0) is 37.8 Å². The van der Waals surface area contributed by atoms with Gasteiger partial charge in [-0.3, -0.25) is 0 Å². The van der Waals surface area contributed by atoms with Gasteiger partial charge in [0, 0.05) is 6.61 Å². The first-order valence-electron chi connectivity index (χ1n) is 8.07. The first kappa shape index (κ1) is 18.8. The largest absolute Gasteiger partial charge is 0.491 e. The fraction of sp³-hybridized carbons (Fsp3) is 0.647. The molecule has 1 heterocycles. The zero-order valence-corrected chi connectivity index (χ0v) is 13.7. The van der Waals surface area contributed by atoms with Gasteiger partial charge in [-0.2, -0.15) is 8.78 Å². The highest BCUT2D eigenvalue weighted by Gasteiger charge is 2.34. The number of benzene rings is 1. The number of rotatable bonds is 7. The Balaban J connectivity index is 1.91. The summed E-state index contributed by atoms with van der Waals surface area (Å²) in [5.41, 5.74) is 0. The van der Waals surface area contributed by atoms with Gasteiger partial charge in [-0.15, -0.1) is 0 Å². The quantitative estimate of drug-likeness (QED) is 0.689. The van der Waals surface area contributed by atoms with Crippen LogP contribution in [0.15, 0.2) is 12.1 Å². The van der Waals surface area contributed by atoms with Crippen molar-refractivity contribution in [2.24, 2.45) is 5.92 Å². The van der Waals surface area contributed by atoms with E-state index in [0.29, 0.717) is 18.9 Å². The summed E-state index contributed by atoms with van der Waals surface area (Å²) in [6, 6.07) is 2.31. The monoisotopic (exact) mass is 350 g/mol. The van der Waals surface area contributed by atoms with Crippen molar-refractivity contribution in [2.75, 3.05) is 19.8 Å². The van der Waals surface area contributed by atoms with E-state index in [1.54, 1.807) is 6.92 Å². The second kappa shape index (κ2) is 8.55. The van der Waals surface area contributed by atoms with Crippen LogP contribution in [-0.4, -0.2) is 38.3 Å². The zero-order valence-electron chi connectivity index (χ0n) is 13.7. The van der Waals surface area contributed by atoms with E-state index in [-0.39, 0.29) is 12.4 Å². The number of alkyl halides is 2. The lowest BCUT2D eigenvalue weighted by Gasteiger charge is -2.30. The van der Waals surface area contributed by atoms with Crippen LogP contribution in [0.2, 0.25) is 0 Å². The van der Waals surface area contributed by atoms with Crippen LogP contribution in [-0.2, 0) is 4.74 Å². The van der Waals surface area contributed by atoms with Gasteiger partial charge >= 0.3 is 0 Å². The molecule has 0 N–H and O–H groups in total. The molecule has 0 saturated carbocycles. The van der Waals surface area contributed by atoms with E-state index in [1.807, 2.05) is 6.92 Å². The van der Waals surface area contributed by atoms with Crippen LogP contribution in [0.3, 0.4) is 0 Å². The Bertz CT molecular complexity index is 533. The maximum absolute atomic E-state index is 14.1. The average Bonchev–Trinajstić information content (AvgIpc) is 2.58. The van der Waals surface area contributed by atoms with Crippen molar-refractivity contribution in [2.45, 2.75) is 45.1 Å². The first-order valence-corrected chi connectivity index (χ1v) is 8.07. The molecule has 4 atom stereocenters. The topological polar surface area (TPSA) is 27.7 Å². The normalized spacial score (nSPS) is 23.6. The van der Waals surface area contributed by atoms with Gasteiger partial charge in [0.25, 0.3) is 0 Å². The van der Waals surface area contributed by atoms with Crippen molar-refractivity contribution in [1.82, 2.24) is 0 Å². The third kappa shape index (κ3) is 4.53. The third-order valence-electron chi connectivity index (χ3n) is 3.95. The van der Waals surface area contributed by atoms with Crippen LogP contribution in [0.5, 0.6) is 11.5 Å². The summed E-state index contributed by atoms with van der Waals surface area (Å²) in [6.45, 7) is 3.44. The van der Waals surface area contributed by atoms with Crippen molar-refractivity contribution in [3.05, 3.63) is 23.8 Å². The van der Waals surface area contributed by atoms with Crippen molar-refractivity contribution in [3.8, 4) is 11.5 Å². The molecule has 1 aromatic rings. The van der Waals surface area contributed by atoms with E-state index in [1.165, 1.54) is 6.07 Å². The van der Waals surface area contributed by atoms with Gasteiger partial charge in [0.15, 0.2) is 23.8 Å². The summed E-state index contributed by atoms with van der Waals surface area (Å²) < 4.78 is 70.7. The van der Waals surface area contributed by atoms with Gasteiger partial charge in [-0.25, -0.2) is 8.78 Å². The summed E-state index contributed by atoms with van der Waals surface area (Å²) in [5.74, 6) is -2.92. The molecule has 0 bridgehead atoms. The second-order valence-electron chi connectivity index (χ2n) is 5.95. The average molecular weight is 350 g/mol. The standard InChI is InChI=1S/C17H22F4O3/c1-3-22-13-6-7-14(17(21)16(13)20)24-9-11(18)15(19)12-5-4-10(2)8-23-12/h6-7,10-12,15H,3-5,8-9H2,1-2H3. The molecule has 3 nitrogen and oxygen atoms in total. The first-order chi connectivity index (χ1) is 11.4.